The fraction of sp³-hybridized carbons (Fsp3) is 0.0870. The fourth-order valence-electron chi connectivity index (χ4n) is 3.26. The second kappa shape index (κ2) is 6.40. The highest BCUT2D eigenvalue weighted by molar-refractivity contribution is 6.03. The summed E-state index contributed by atoms with van der Waals surface area (Å²) in [6, 6.07) is 27.2. The molecule has 4 aromatic rings. The van der Waals surface area contributed by atoms with E-state index >= 15 is 0 Å². The summed E-state index contributed by atoms with van der Waals surface area (Å²) < 4.78 is 5.80. The average molecular weight is 325 g/mol. The Balaban J connectivity index is 2.12. The molecule has 3 aromatic carbocycles. The Bertz CT molecular complexity index is 1020. The molecule has 0 unspecified atom stereocenters. The first-order valence-electron chi connectivity index (χ1n) is 8.37. The van der Waals surface area contributed by atoms with Crippen LogP contribution in [0.2, 0.25) is 0 Å². The molecule has 2 nitrogen and oxygen atoms in total. The zero-order valence-corrected chi connectivity index (χ0v) is 14.4. The van der Waals surface area contributed by atoms with Gasteiger partial charge in [0.2, 0.25) is 0 Å². The SMILES string of the molecule is COc1c(-c2ccccc2)cc(-c2ccccc2)c2ccc(C)nc12. The number of aryl methyl sites for hydroxylation is 1. The van der Waals surface area contributed by atoms with E-state index in [1.54, 1.807) is 7.11 Å². The van der Waals surface area contributed by atoms with Gasteiger partial charge in [-0.15, -0.1) is 0 Å². The molecular formula is C23H19NO. The molecule has 0 radical (unpaired) electrons. The third-order valence-corrected chi connectivity index (χ3v) is 4.45. The number of benzene rings is 3. The number of pyridine rings is 1. The molecule has 0 aliphatic carbocycles. The lowest BCUT2D eigenvalue weighted by atomic mass is 9.94. The highest BCUT2D eigenvalue weighted by atomic mass is 16.5. The maximum atomic E-state index is 5.80. The van der Waals surface area contributed by atoms with Gasteiger partial charge in [-0.05, 0) is 35.7 Å². The van der Waals surface area contributed by atoms with Crippen LogP contribution in [0.25, 0.3) is 33.2 Å². The van der Waals surface area contributed by atoms with Crippen molar-refractivity contribution in [3.63, 3.8) is 0 Å². The monoisotopic (exact) mass is 325 g/mol. The summed E-state index contributed by atoms with van der Waals surface area (Å²) >= 11 is 0. The quantitative estimate of drug-likeness (QED) is 0.469. The fourth-order valence-corrected chi connectivity index (χ4v) is 3.26. The van der Waals surface area contributed by atoms with E-state index in [1.165, 1.54) is 11.1 Å². The molecular weight excluding hydrogens is 306 g/mol. The lowest BCUT2D eigenvalue weighted by molar-refractivity contribution is 0.420. The van der Waals surface area contributed by atoms with Gasteiger partial charge in [-0.1, -0.05) is 66.7 Å². The molecule has 0 amide bonds. The number of hydrogen-bond acceptors (Lipinski definition) is 2. The van der Waals surface area contributed by atoms with Gasteiger partial charge >= 0.3 is 0 Å². The zero-order chi connectivity index (χ0) is 17.2. The van der Waals surface area contributed by atoms with Crippen LogP contribution in [-0.2, 0) is 0 Å². The van der Waals surface area contributed by atoms with Gasteiger partial charge in [-0.25, -0.2) is 4.98 Å². The number of ether oxygens (including phenoxy) is 1. The standard InChI is InChI=1S/C23H19NO/c1-16-13-14-19-20(17-9-5-3-6-10-17)15-21(18-11-7-4-8-12-18)23(25-2)22(19)24-16/h3-15H,1-2H3. The van der Waals surface area contributed by atoms with Crippen molar-refractivity contribution in [2.75, 3.05) is 7.11 Å². The minimum Gasteiger partial charge on any atom is -0.494 e. The molecule has 0 spiro atoms. The molecule has 0 saturated heterocycles. The number of methoxy groups -OCH3 is 1. The van der Waals surface area contributed by atoms with E-state index in [-0.39, 0.29) is 0 Å². The van der Waals surface area contributed by atoms with Crippen LogP contribution in [0.1, 0.15) is 5.69 Å². The van der Waals surface area contributed by atoms with Crippen LogP contribution >= 0.6 is 0 Å². The van der Waals surface area contributed by atoms with Crippen molar-refractivity contribution in [2.24, 2.45) is 0 Å². The molecule has 0 bridgehead atoms. The van der Waals surface area contributed by atoms with Crippen LogP contribution in [0.5, 0.6) is 5.75 Å². The van der Waals surface area contributed by atoms with Crippen LogP contribution in [0.4, 0.5) is 0 Å². The molecule has 0 N–H and O–H groups in total. The largest absolute Gasteiger partial charge is 0.494 e. The average Bonchev–Trinajstić information content (AvgIpc) is 2.68. The summed E-state index contributed by atoms with van der Waals surface area (Å²) in [4.78, 5) is 4.79. The molecule has 1 aromatic heterocycles. The van der Waals surface area contributed by atoms with Crippen molar-refractivity contribution in [3.05, 3.63) is 84.6 Å². The van der Waals surface area contributed by atoms with Gasteiger partial charge in [0.25, 0.3) is 0 Å². The summed E-state index contributed by atoms with van der Waals surface area (Å²) in [6.45, 7) is 2.01. The van der Waals surface area contributed by atoms with Crippen molar-refractivity contribution in [1.29, 1.82) is 0 Å². The summed E-state index contributed by atoms with van der Waals surface area (Å²) in [6.07, 6.45) is 0. The van der Waals surface area contributed by atoms with E-state index in [4.69, 9.17) is 9.72 Å². The van der Waals surface area contributed by atoms with E-state index in [0.29, 0.717) is 0 Å². The van der Waals surface area contributed by atoms with Crippen molar-refractivity contribution in [1.82, 2.24) is 4.98 Å². The van der Waals surface area contributed by atoms with Crippen molar-refractivity contribution in [2.45, 2.75) is 6.92 Å². The zero-order valence-electron chi connectivity index (χ0n) is 14.4. The van der Waals surface area contributed by atoms with Crippen LogP contribution in [0.15, 0.2) is 78.9 Å². The van der Waals surface area contributed by atoms with Crippen LogP contribution in [-0.4, -0.2) is 12.1 Å². The molecule has 0 atom stereocenters. The van der Waals surface area contributed by atoms with E-state index in [9.17, 15) is 0 Å². The molecule has 0 aliphatic rings. The third kappa shape index (κ3) is 2.76. The second-order valence-electron chi connectivity index (χ2n) is 6.09. The number of aromatic nitrogens is 1. The van der Waals surface area contributed by atoms with Gasteiger partial charge in [-0.3, -0.25) is 0 Å². The summed E-state index contributed by atoms with van der Waals surface area (Å²) in [5, 5.41) is 1.10. The Morgan fingerprint density at radius 1 is 0.720 bits per heavy atom. The van der Waals surface area contributed by atoms with E-state index in [0.717, 1.165) is 33.5 Å². The Morgan fingerprint density at radius 2 is 1.32 bits per heavy atom. The first kappa shape index (κ1) is 15.4. The third-order valence-electron chi connectivity index (χ3n) is 4.45. The molecule has 0 saturated carbocycles. The first-order valence-corrected chi connectivity index (χ1v) is 8.37. The Labute approximate surface area is 147 Å². The molecule has 122 valence electrons. The maximum Gasteiger partial charge on any atom is 0.152 e. The van der Waals surface area contributed by atoms with Crippen LogP contribution in [0.3, 0.4) is 0 Å². The summed E-state index contributed by atoms with van der Waals surface area (Å²) in [5.41, 5.74) is 6.42. The van der Waals surface area contributed by atoms with Gasteiger partial charge < -0.3 is 4.74 Å². The molecule has 0 aliphatic heterocycles. The van der Waals surface area contributed by atoms with E-state index < -0.39 is 0 Å². The summed E-state index contributed by atoms with van der Waals surface area (Å²) in [7, 11) is 1.72. The van der Waals surface area contributed by atoms with Gasteiger partial charge in [0.1, 0.15) is 5.52 Å². The van der Waals surface area contributed by atoms with E-state index in [1.807, 2.05) is 31.2 Å². The highest BCUT2D eigenvalue weighted by Crippen LogP contribution is 2.41. The molecule has 0 fully saturated rings. The molecule has 2 heteroatoms. The van der Waals surface area contributed by atoms with E-state index in [2.05, 4.69) is 54.6 Å². The maximum absolute atomic E-state index is 5.80. The van der Waals surface area contributed by atoms with Crippen molar-refractivity contribution >= 4 is 10.9 Å². The molecule has 25 heavy (non-hydrogen) atoms. The Morgan fingerprint density at radius 3 is 1.92 bits per heavy atom. The molecule has 4 rings (SSSR count). The predicted octanol–water partition coefficient (Wildman–Crippen LogP) is 5.89. The predicted molar refractivity (Wildman–Crippen MR) is 104 cm³/mol. The van der Waals surface area contributed by atoms with Gasteiger partial charge in [0, 0.05) is 16.6 Å². The first-order chi connectivity index (χ1) is 12.3. The number of fused-ring (bicyclic) bond motifs is 1. The van der Waals surface area contributed by atoms with Crippen molar-refractivity contribution in [3.8, 4) is 28.0 Å². The Hall–Kier alpha value is -3.13. The van der Waals surface area contributed by atoms with Crippen LogP contribution < -0.4 is 4.74 Å². The van der Waals surface area contributed by atoms with Gasteiger partial charge in [0.05, 0.1) is 7.11 Å². The second-order valence-corrected chi connectivity index (χ2v) is 6.09. The van der Waals surface area contributed by atoms with Crippen molar-refractivity contribution < 1.29 is 4.74 Å². The smallest absolute Gasteiger partial charge is 0.152 e. The highest BCUT2D eigenvalue weighted by Gasteiger charge is 2.16. The minimum atomic E-state index is 0.824. The summed E-state index contributed by atoms with van der Waals surface area (Å²) in [5.74, 6) is 0.824. The van der Waals surface area contributed by atoms with Gasteiger partial charge in [-0.2, -0.15) is 0 Å². The normalized spacial score (nSPS) is 10.8. The lowest BCUT2D eigenvalue weighted by Crippen LogP contribution is -1.95. The lowest BCUT2D eigenvalue weighted by Gasteiger charge is -2.16. The number of hydrogen-bond donors (Lipinski definition) is 0. The molecule has 1 heterocycles. The topological polar surface area (TPSA) is 22.1 Å². The Kier molecular flexibility index (Phi) is 3.95. The van der Waals surface area contributed by atoms with Gasteiger partial charge in [0.15, 0.2) is 5.75 Å². The number of rotatable bonds is 3. The minimum absolute atomic E-state index is 0.824. The number of nitrogens with zero attached hydrogens (tertiary/aromatic N) is 1. The van der Waals surface area contributed by atoms with Crippen LogP contribution in [0, 0.1) is 6.92 Å².